The maximum absolute atomic E-state index is 10.2. The molecule has 2 aliphatic heterocycles. The molecule has 1 aromatic rings. The van der Waals surface area contributed by atoms with E-state index in [-0.39, 0.29) is 11.5 Å². The SMILES string of the molecule is CN1C=CC2(C)c3ccccc3N(C)C12.O=C(O)NC1CCCCC1. The lowest BCUT2D eigenvalue weighted by Crippen LogP contribution is -2.45. The first-order chi connectivity index (χ1) is 11.9. The summed E-state index contributed by atoms with van der Waals surface area (Å²) in [6.07, 6.45) is 9.71. The Bertz CT molecular complexity index is 654. The summed E-state index contributed by atoms with van der Waals surface area (Å²) in [5.74, 6) is 0. The van der Waals surface area contributed by atoms with E-state index in [0.29, 0.717) is 6.17 Å². The van der Waals surface area contributed by atoms with Crippen molar-refractivity contribution in [1.29, 1.82) is 0 Å². The second-order valence-corrected chi connectivity index (χ2v) is 7.55. The van der Waals surface area contributed by atoms with Crippen LogP contribution in [0.3, 0.4) is 0 Å². The first kappa shape index (κ1) is 17.6. The van der Waals surface area contributed by atoms with Crippen molar-refractivity contribution in [3.63, 3.8) is 0 Å². The normalized spacial score (nSPS) is 27.4. The number of hydrogen-bond acceptors (Lipinski definition) is 3. The molecule has 0 spiro atoms. The third-order valence-electron chi connectivity index (χ3n) is 5.74. The van der Waals surface area contributed by atoms with Gasteiger partial charge in [0.2, 0.25) is 0 Å². The zero-order valence-electron chi connectivity index (χ0n) is 15.4. The Morgan fingerprint density at radius 1 is 1.20 bits per heavy atom. The summed E-state index contributed by atoms with van der Waals surface area (Å²) in [7, 11) is 4.33. The van der Waals surface area contributed by atoms with E-state index in [9.17, 15) is 4.79 Å². The van der Waals surface area contributed by atoms with E-state index < -0.39 is 6.09 Å². The number of nitrogens with one attached hydrogen (secondary N) is 1. The number of likely N-dealkylation sites (N-methyl/N-ethyl adjacent to an activating group) is 2. The van der Waals surface area contributed by atoms with Gasteiger partial charge in [-0.3, -0.25) is 0 Å². The standard InChI is InChI=1S/C13H16N2.C7H13NO2/c1-13-8-9-14(2)12(13)15(3)11-7-5-4-6-10(11)13;9-7(10)8-6-4-2-1-3-5-6/h4-9,12H,1-3H3;6,8H,1-5H2,(H,9,10). The molecule has 5 nitrogen and oxygen atoms in total. The van der Waals surface area contributed by atoms with Gasteiger partial charge < -0.3 is 20.2 Å². The number of benzene rings is 1. The maximum Gasteiger partial charge on any atom is 0.404 e. The van der Waals surface area contributed by atoms with Gasteiger partial charge in [-0.1, -0.05) is 43.5 Å². The van der Waals surface area contributed by atoms with Gasteiger partial charge >= 0.3 is 6.09 Å². The van der Waals surface area contributed by atoms with Gasteiger partial charge in [0.25, 0.3) is 0 Å². The van der Waals surface area contributed by atoms with Crippen molar-refractivity contribution in [2.24, 2.45) is 0 Å². The molecule has 5 heteroatoms. The summed E-state index contributed by atoms with van der Waals surface area (Å²) < 4.78 is 0. The largest absolute Gasteiger partial charge is 0.465 e. The van der Waals surface area contributed by atoms with Crippen LogP contribution in [-0.4, -0.2) is 42.4 Å². The Labute approximate surface area is 150 Å². The zero-order valence-corrected chi connectivity index (χ0v) is 15.4. The molecule has 1 aromatic carbocycles. The number of anilines is 1. The number of fused-ring (bicyclic) bond motifs is 3. The summed E-state index contributed by atoms with van der Waals surface area (Å²) in [5, 5.41) is 10.9. The topological polar surface area (TPSA) is 55.8 Å². The smallest absolute Gasteiger partial charge is 0.404 e. The van der Waals surface area contributed by atoms with E-state index in [2.05, 4.69) is 72.7 Å². The van der Waals surface area contributed by atoms with Crippen LogP contribution in [0.25, 0.3) is 0 Å². The van der Waals surface area contributed by atoms with E-state index in [1.54, 1.807) is 0 Å². The third kappa shape index (κ3) is 3.32. The predicted molar refractivity (Wildman–Crippen MR) is 101 cm³/mol. The van der Waals surface area contributed by atoms with Gasteiger partial charge in [-0.25, -0.2) is 4.79 Å². The van der Waals surface area contributed by atoms with Crippen molar-refractivity contribution < 1.29 is 9.90 Å². The van der Waals surface area contributed by atoms with Crippen LogP contribution < -0.4 is 10.2 Å². The van der Waals surface area contributed by atoms with Crippen LogP contribution in [0, 0.1) is 0 Å². The van der Waals surface area contributed by atoms with Gasteiger partial charge in [-0.15, -0.1) is 0 Å². The summed E-state index contributed by atoms with van der Waals surface area (Å²) in [4.78, 5) is 14.8. The number of carboxylic acid groups (broad SMARTS) is 1. The molecule has 3 aliphatic rings. The Morgan fingerprint density at radius 2 is 1.88 bits per heavy atom. The second kappa shape index (κ2) is 6.98. The lowest BCUT2D eigenvalue weighted by atomic mass is 9.83. The number of rotatable bonds is 1. The van der Waals surface area contributed by atoms with Gasteiger partial charge in [-0.2, -0.15) is 0 Å². The fraction of sp³-hybridized carbons (Fsp3) is 0.550. The molecule has 2 atom stereocenters. The summed E-state index contributed by atoms with van der Waals surface area (Å²) in [6.45, 7) is 2.32. The highest BCUT2D eigenvalue weighted by Gasteiger charge is 2.49. The lowest BCUT2D eigenvalue weighted by Gasteiger charge is -2.33. The molecule has 136 valence electrons. The average molecular weight is 343 g/mol. The minimum absolute atomic E-state index is 0.153. The third-order valence-corrected chi connectivity index (χ3v) is 5.74. The van der Waals surface area contributed by atoms with Crippen LogP contribution in [-0.2, 0) is 5.41 Å². The molecule has 1 aliphatic carbocycles. The number of carbonyl (C=O) groups is 1. The van der Waals surface area contributed by atoms with Crippen LogP contribution >= 0.6 is 0 Å². The summed E-state index contributed by atoms with van der Waals surface area (Å²) in [6, 6.07) is 8.93. The molecule has 2 heterocycles. The highest BCUT2D eigenvalue weighted by Crippen LogP contribution is 2.48. The van der Waals surface area contributed by atoms with E-state index in [4.69, 9.17) is 5.11 Å². The summed E-state index contributed by atoms with van der Waals surface area (Å²) >= 11 is 0. The van der Waals surface area contributed by atoms with Crippen LogP contribution in [0.15, 0.2) is 36.5 Å². The first-order valence-corrected chi connectivity index (χ1v) is 9.16. The molecule has 0 aromatic heterocycles. The van der Waals surface area contributed by atoms with Crippen molar-refractivity contribution in [2.75, 3.05) is 19.0 Å². The molecule has 25 heavy (non-hydrogen) atoms. The van der Waals surface area contributed by atoms with Crippen molar-refractivity contribution in [2.45, 2.75) is 56.7 Å². The molecule has 1 amide bonds. The highest BCUT2D eigenvalue weighted by atomic mass is 16.4. The van der Waals surface area contributed by atoms with E-state index in [0.717, 1.165) is 12.8 Å². The number of para-hydroxylation sites is 1. The molecule has 1 saturated carbocycles. The fourth-order valence-corrected chi connectivity index (χ4v) is 4.56. The second-order valence-electron chi connectivity index (χ2n) is 7.55. The quantitative estimate of drug-likeness (QED) is 0.815. The van der Waals surface area contributed by atoms with Crippen LogP contribution in [0.5, 0.6) is 0 Å². The van der Waals surface area contributed by atoms with Gasteiger partial charge in [0, 0.05) is 25.8 Å². The van der Waals surface area contributed by atoms with Gasteiger partial charge in [0.05, 0.1) is 5.41 Å². The molecule has 2 N–H and O–H groups in total. The van der Waals surface area contributed by atoms with Crippen molar-refractivity contribution in [3.05, 3.63) is 42.1 Å². The van der Waals surface area contributed by atoms with Gasteiger partial charge in [0.1, 0.15) is 6.17 Å². The predicted octanol–water partition coefficient (Wildman–Crippen LogP) is 3.77. The van der Waals surface area contributed by atoms with E-state index >= 15 is 0 Å². The minimum atomic E-state index is -0.882. The molecule has 0 radical (unpaired) electrons. The number of nitrogens with zero attached hydrogens (tertiary/aromatic N) is 2. The van der Waals surface area contributed by atoms with Crippen LogP contribution in [0.1, 0.15) is 44.6 Å². The Hall–Kier alpha value is -2.17. The van der Waals surface area contributed by atoms with Crippen molar-refractivity contribution >= 4 is 11.8 Å². The first-order valence-electron chi connectivity index (χ1n) is 9.16. The summed E-state index contributed by atoms with van der Waals surface area (Å²) in [5.41, 5.74) is 2.96. The zero-order chi connectivity index (χ0) is 18.0. The van der Waals surface area contributed by atoms with Gasteiger partial charge in [0.15, 0.2) is 0 Å². The Kier molecular flexibility index (Phi) is 4.93. The fourth-order valence-electron chi connectivity index (χ4n) is 4.56. The van der Waals surface area contributed by atoms with E-state index in [1.165, 1.54) is 30.5 Å². The van der Waals surface area contributed by atoms with Crippen LogP contribution in [0.2, 0.25) is 0 Å². The lowest BCUT2D eigenvalue weighted by molar-refractivity contribution is 0.186. The molecule has 2 unspecified atom stereocenters. The molecule has 1 fully saturated rings. The van der Waals surface area contributed by atoms with Gasteiger partial charge in [-0.05, 0) is 37.6 Å². The number of hydrogen-bond donors (Lipinski definition) is 2. The van der Waals surface area contributed by atoms with E-state index in [1.807, 2.05) is 0 Å². The monoisotopic (exact) mass is 343 g/mol. The van der Waals surface area contributed by atoms with Crippen molar-refractivity contribution in [1.82, 2.24) is 10.2 Å². The Morgan fingerprint density at radius 3 is 2.56 bits per heavy atom. The maximum atomic E-state index is 10.2. The molecular weight excluding hydrogens is 314 g/mol. The highest BCUT2D eigenvalue weighted by molar-refractivity contribution is 5.66. The molecule has 0 bridgehead atoms. The molecule has 0 saturated heterocycles. The number of amides is 1. The van der Waals surface area contributed by atoms with Crippen LogP contribution in [0.4, 0.5) is 10.5 Å². The Balaban J connectivity index is 0.000000160. The molecule has 4 rings (SSSR count). The molecular formula is C20H29N3O2. The van der Waals surface area contributed by atoms with Crippen molar-refractivity contribution in [3.8, 4) is 0 Å². The minimum Gasteiger partial charge on any atom is -0.465 e. The average Bonchev–Trinajstić information content (AvgIpc) is 3.02.